The van der Waals surface area contributed by atoms with E-state index >= 15 is 0 Å². The quantitative estimate of drug-likeness (QED) is 0.859. The van der Waals surface area contributed by atoms with Crippen LogP contribution in [0.15, 0.2) is 35.1 Å². The second-order valence-electron chi connectivity index (χ2n) is 4.99. The van der Waals surface area contributed by atoms with Gasteiger partial charge < -0.3 is 10.1 Å². The van der Waals surface area contributed by atoms with E-state index in [9.17, 15) is 14.4 Å². The summed E-state index contributed by atoms with van der Waals surface area (Å²) in [7, 11) is 1.28. The molecule has 0 saturated carbocycles. The second kappa shape index (κ2) is 6.87. The molecule has 0 atom stereocenters. The number of carbonyl (C=O) groups excluding carboxylic acids is 2. The summed E-state index contributed by atoms with van der Waals surface area (Å²) in [6.07, 6.45) is 0. The maximum Gasteiger partial charge on any atom is 0.337 e. The number of carbonyl (C=O) groups is 2. The first-order valence-electron chi connectivity index (χ1n) is 6.94. The summed E-state index contributed by atoms with van der Waals surface area (Å²) in [5.41, 5.74) is 1.10. The standard InChI is InChI=1S/C16H17N3O4/c1-10-7-15(21)19(11(2)17-10)9-14(20)18-13-6-4-5-12(8-13)16(22)23-3/h4-8H,9H2,1-3H3,(H,18,20). The molecular weight excluding hydrogens is 298 g/mol. The summed E-state index contributed by atoms with van der Waals surface area (Å²) < 4.78 is 5.91. The van der Waals surface area contributed by atoms with Gasteiger partial charge in [-0.15, -0.1) is 0 Å². The third-order valence-corrected chi connectivity index (χ3v) is 3.20. The van der Waals surface area contributed by atoms with Gasteiger partial charge in [-0.2, -0.15) is 0 Å². The number of hydrogen-bond acceptors (Lipinski definition) is 5. The number of hydrogen-bond donors (Lipinski definition) is 1. The van der Waals surface area contributed by atoms with Crippen molar-refractivity contribution in [3.05, 3.63) is 57.8 Å². The number of rotatable bonds is 4. The lowest BCUT2D eigenvalue weighted by molar-refractivity contribution is -0.116. The van der Waals surface area contributed by atoms with E-state index in [1.807, 2.05) is 0 Å². The lowest BCUT2D eigenvalue weighted by Gasteiger charge is -2.10. The Morgan fingerprint density at radius 3 is 2.65 bits per heavy atom. The molecule has 0 saturated heterocycles. The van der Waals surface area contributed by atoms with Crippen molar-refractivity contribution in [3.63, 3.8) is 0 Å². The van der Waals surface area contributed by atoms with E-state index in [2.05, 4.69) is 15.0 Å². The van der Waals surface area contributed by atoms with Crippen molar-refractivity contribution in [1.82, 2.24) is 9.55 Å². The molecule has 1 aromatic carbocycles. The molecule has 0 spiro atoms. The largest absolute Gasteiger partial charge is 0.465 e. The van der Waals surface area contributed by atoms with Gasteiger partial charge in [0.25, 0.3) is 5.56 Å². The molecule has 0 fully saturated rings. The Hall–Kier alpha value is -2.96. The number of aromatic nitrogens is 2. The van der Waals surface area contributed by atoms with E-state index < -0.39 is 5.97 Å². The molecule has 1 amide bonds. The average molecular weight is 315 g/mol. The first-order chi connectivity index (χ1) is 10.9. The molecular formula is C16H17N3O4. The lowest BCUT2D eigenvalue weighted by Crippen LogP contribution is -2.30. The Labute approximate surface area is 132 Å². The molecule has 7 nitrogen and oxygen atoms in total. The molecule has 1 aromatic heterocycles. The zero-order valence-electron chi connectivity index (χ0n) is 13.1. The molecule has 23 heavy (non-hydrogen) atoms. The highest BCUT2D eigenvalue weighted by Gasteiger charge is 2.10. The van der Waals surface area contributed by atoms with Gasteiger partial charge in [-0.25, -0.2) is 9.78 Å². The molecule has 0 unspecified atom stereocenters. The fourth-order valence-electron chi connectivity index (χ4n) is 2.14. The number of anilines is 1. The van der Waals surface area contributed by atoms with Crippen molar-refractivity contribution in [2.24, 2.45) is 0 Å². The van der Waals surface area contributed by atoms with E-state index in [0.717, 1.165) is 0 Å². The SMILES string of the molecule is COC(=O)c1cccc(NC(=O)Cn2c(C)nc(C)cc2=O)c1. The van der Waals surface area contributed by atoms with Gasteiger partial charge in [0.1, 0.15) is 12.4 Å². The maximum absolute atomic E-state index is 12.1. The first-order valence-corrected chi connectivity index (χ1v) is 6.94. The van der Waals surface area contributed by atoms with Crippen molar-refractivity contribution in [2.75, 3.05) is 12.4 Å². The van der Waals surface area contributed by atoms with Crippen LogP contribution >= 0.6 is 0 Å². The maximum atomic E-state index is 12.1. The number of benzene rings is 1. The number of amides is 1. The van der Waals surface area contributed by atoms with Gasteiger partial charge in [-0.05, 0) is 32.0 Å². The number of ether oxygens (including phenoxy) is 1. The van der Waals surface area contributed by atoms with Crippen LogP contribution in [0.1, 0.15) is 21.9 Å². The molecule has 1 N–H and O–H groups in total. The van der Waals surface area contributed by atoms with E-state index in [1.54, 1.807) is 32.0 Å². The number of esters is 1. The van der Waals surface area contributed by atoms with Crippen LogP contribution in [0.5, 0.6) is 0 Å². The van der Waals surface area contributed by atoms with Gasteiger partial charge >= 0.3 is 5.97 Å². The fourth-order valence-corrected chi connectivity index (χ4v) is 2.14. The lowest BCUT2D eigenvalue weighted by atomic mass is 10.2. The second-order valence-corrected chi connectivity index (χ2v) is 4.99. The fraction of sp³-hybridized carbons (Fsp3) is 0.250. The number of aryl methyl sites for hydroxylation is 2. The molecule has 0 radical (unpaired) electrons. The molecule has 2 aromatic rings. The van der Waals surface area contributed by atoms with Gasteiger partial charge in [0.2, 0.25) is 5.91 Å². The van der Waals surface area contributed by atoms with Gasteiger partial charge in [-0.3, -0.25) is 14.2 Å². The molecule has 120 valence electrons. The third kappa shape index (κ3) is 4.03. The summed E-state index contributed by atoms with van der Waals surface area (Å²) in [5.74, 6) is -0.410. The van der Waals surface area contributed by atoms with Crippen LogP contribution < -0.4 is 10.9 Å². The Kier molecular flexibility index (Phi) is 4.90. The topological polar surface area (TPSA) is 90.3 Å². The van der Waals surface area contributed by atoms with E-state index in [4.69, 9.17) is 0 Å². The molecule has 0 aliphatic heterocycles. The zero-order valence-corrected chi connectivity index (χ0v) is 13.1. The first kappa shape index (κ1) is 16.4. The van der Waals surface area contributed by atoms with Gasteiger partial charge in [-0.1, -0.05) is 6.07 Å². The van der Waals surface area contributed by atoms with Crippen LogP contribution in [-0.2, 0) is 16.1 Å². The van der Waals surface area contributed by atoms with Crippen molar-refractivity contribution in [2.45, 2.75) is 20.4 Å². The summed E-state index contributed by atoms with van der Waals surface area (Å²) in [6.45, 7) is 3.23. The van der Waals surface area contributed by atoms with E-state index in [0.29, 0.717) is 22.8 Å². The van der Waals surface area contributed by atoms with Crippen LogP contribution in [0, 0.1) is 13.8 Å². The Morgan fingerprint density at radius 2 is 2.00 bits per heavy atom. The number of nitrogens with one attached hydrogen (secondary N) is 1. The summed E-state index contributed by atoms with van der Waals surface area (Å²) in [4.78, 5) is 39.7. The predicted molar refractivity (Wildman–Crippen MR) is 84.4 cm³/mol. The van der Waals surface area contributed by atoms with Crippen LogP contribution in [0.4, 0.5) is 5.69 Å². The molecule has 2 rings (SSSR count). The molecule has 0 bridgehead atoms. The highest BCUT2D eigenvalue weighted by Crippen LogP contribution is 2.11. The highest BCUT2D eigenvalue weighted by atomic mass is 16.5. The van der Waals surface area contributed by atoms with Crippen LogP contribution in [0.25, 0.3) is 0 Å². The molecule has 0 aliphatic rings. The van der Waals surface area contributed by atoms with E-state index in [1.165, 1.54) is 23.8 Å². The molecule has 1 heterocycles. The molecule has 7 heteroatoms. The summed E-state index contributed by atoms with van der Waals surface area (Å²) >= 11 is 0. The number of nitrogens with zero attached hydrogens (tertiary/aromatic N) is 2. The number of methoxy groups -OCH3 is 1. The normalized spacial score (nSPS) is 10.2. The highest BCUT2D eigenvalue weighted by molar-refractivity contribution is 5.94. The molecule has 0 aliphatic carbocycles. The third-order valence-electron chi connectivity index (χ3n) is 3.20. The minimum absolute atomic E-state index is 0.152. The van der Waals surface area contributed by atoms with Gasteiger partial charge in [0, 0.05) is 17.4 Å². The zero-order chi connectivity index (χ0) is 17.0. The van der Waals surface area contributed by atoms with Crippen LogP contribution in [0.2, 0.25) is 0 Å². The van der Waals surface area contributed by atoms with Crippen molar-refractivity contribution in [1.29, 1.82) is 0 Å². The summed E-state index contributed by atoms with van der Waals surface area (Å²) in [6, 6.07) is 7.74. The van der Waals surface area contributed by atoms with Crippen molar-refractivity contribution in [3.8, 4) is 0 Å². The smallest absolute Gasteiger partial charge is 0.337 e. The minimum atomic E-state index is -0.490. The van der Waals surface area contributed by atoms with E-state index in [-0.39, 0.29) is 18.0 Å². The predicted octanol–water partition coefficient (Wildman–Crippen LogP) is 1.29. The van der Waals surface area contributed by atoms with Crippen LogP contribution in [-0.4, -0.2) is 28.5 Å². The monoisotopic (exact) mass is 315 g/mol. The Balaban J connectivity index is 2.15. The van der Waals surface area contributed by atoms with Gasteiger partial charge in [0.15, 0.2) is 0 Å². The van der Waals surface area contributed by atoms with Crippen LogP contribution in [0.3, 0.4) is 0 Å². The van der Waals surface area contributed by atoms with Crippen molar-refractivity contribution < 1.29 is 14.3 Å². The minimum Gasteiger partial charge on any atom is -0.465 e. The van der Waals surface area contributed by atoms with Gasteiger partial charge in [0.05, 0.1) is 12.7 Å². The average Bonchev–Trinajstić information content (AvgIpc) is 2.50. The Bertz CT molecular complexity index is 811. The van der Waals surface area contributed by atoms with Crippen molar-refractivity contribution >= 4 is 17.6 Å². The summed E-state index contributed by atoms with van der Waals surface area (Å²) in [5, 5.41) is 2.64. The Morgan fingerprint density at radius 1 is 1.26 bits per heavy atom.